The van der Waals surface area contributed by atoms with E-state index in [2.05, 4.69) is 16.7 Å². The number of nitrogens with zero attached hydrogens (tertiary/aromatic N) is 4. The monoisotopic (exact) mass is 473 g/mol. The van der Waals surface area contributed by atoms with Gasteiger partial charge in [-0.05, 0) is 41.6 Å². The Bertz CT molecular complexity index is 1450. The minimum Gasteiger partial charge on any atom is -0.373 e. The van der Waals surface area contributed by atoms with E-state index in [-0.39, 0.29) is 11.5 Å². The fourth-order valence-electron chi connectivity index (χ4n) is 4.04. The maximum Gasteiger partial charge on any atom is 0.348 e. The van der Waals surface area contributed by atoms with E-state index in [1.807, 2.05) is 30.3 Å². The van der Waals surface area contributed by atoms with Crippen LogP contribution in [0.3, 0.4) is 0 Å². The highest BCUT2D eigenvalue weighted by molar-refractivity contribution is 6.30. The Morgan fingerprint density at radius 1 is 1.15 bits per heavy atom. The lowest BCUT2D eigenvalue weighted by Crippen LogP contribution is -2.45. The Morgan fingerprint density at radius 2 is 1.79 bits per heavy atom. The standard InChI is InChI=1S/C26H24ClN5O2/c1-4-31(2)24(30-28)26(34,18-10-13-20(27)14-11-18)19-12-15-22-21(16-19)23(29-25(33)32(22)3)17-8-6-5-7-9-17/h4-16,34H,1,28H2,2-3H3/b30-24-. The fourth-order valence-corrected chi connectivity index (χ4v) is 4.16. The molecule has 1 aromatic heterocycles. The molecule has 7 nitrogen and oxygen atoms in total. The molecule has 3 aromatic carbocycles. The summed E-state index contributed by atoms with van der Waals surface area (Å²) >= 11 is 6.11. The normalized spacial score (nSPS) is 13.5. The van der Waals surface area contributed by atoms with Crippen LogP contribution in [-0.4, -0.2) is 32.4 Å². The molecule has 0 saturated carbocycles. The van der Waals surface area contributed by atoms with Gasteiger partial charge in [-0.1, -0.05) is 66.7 Å². The number of hydrogen-bond acceptors (Lipinski definition) is 5. The summed E-state index contributed by atoms with van der Waals surface area (Å²) in [6, 6.07) is 21.6. The molecule has 8 heteroatoms. The van der Waals surface area contributed by atoms with Gasteiger partial charge >= 0.3 is 5.69 Å². The maximum absolute atomic E-state index is 12.6. The van der Waals surface area contributed by atoms with Crippen LogP contribution in [0.1, 0.15) is 11.1 Å². The number of likely N-dealkylation sites (N-methyl/N-ethyl adjacent to an activating group) is 1. The highest BCUT2D eigenvalue weighted by atomic mass is 35.5. The van der Waals surface area contributed by atoms with E-state index in [1.165, 1.54) is 10.8 Å². The van der Waals surface area contributed by atoms with Crippen molar-refractivity contribution in [2.75, 3.05) is 7.05 Å². The van der Waals surface area contributed by atoms with E-state index >= 15 is 0 Å². The van der Waals surface area contributed by atoms with Crippen molar-refractivity contribution in [2.45, 2.75) is 5.60 Å². The molecular weight excluding hydrogens is 450 g/mol. The van der Waals surface area contributed by atoms with Crippen molar-refractivity contribution in [1.29, 1.82) is 0 Å². The Hall–Kier alpha value is -3.94. The van der Waals surface area contributed by atoms with Gasteiger partial charge in [-0.15, -0.1) is 0 Å². The lowest BCUT2D eigenvalue weighted by molar-refractivity contribution is 0.144. The second-order valence-corrected chi connectivity index (χ2v) is 8.30. The number of hydrogen-bond donors (Lipinski definition) is 2. The first-order valence-corrected chi connectivity index (χ1v) is 10.9. The van der Waals surface area contributed by atoms with E-state index < -0.39 is 5.60 Å². The molecule has 1 heterocycles. The minimum atomic E-state index is -1.75. The number of nitrogens with two attached hydrogens (primary N) is 1. The molecule has 0 aliphatic carbocycles. The van der Waals surface area contributed by atoms with Crippen LogP contribution >= 0.6 is 11.6 Å². The molecule has 34 heavy (non-hydrogen) atoms. The van der Waals surface area contributed by atoms with Gasteiger partial charge in [0.15, 0.2) is 11.4 Å². The molecule has 0 bridgehead atoms. The molecule has 4 aromatic rings. The quantitative estimate of drug-likeness (QED) is 0.199. The van der Waals surface area contributed by atoms with Crippen LogP contribution in [0.25, 0.3) is 22.2 Å². The van der Waals surface area contributed by atoms with Gasteiger partial charge in [-0.25, -0.2) is 4.79 Å². The predicted octanol–water partition coefficient (Wildman–Crippen LogP) is 3.84. The van der Waals surface area contributed by atoms with E-state index in [0.717, 1.165) is 5.56 Å². The van der Waals surface area contributed by atoms with Crippen LogP contribution in [0.2, 0.25) is 5.02 Å². The van der Waals surface area contributed by atoms with Crippen LogP contribution in [0.15, 0.2) is 95.5 Å². The lowest BCUT2D eigenvalue weighted by atomic mass is 9.83. The van der Waals surface area contributed by atoms with Crippen molar-refractivity contribution in [3.05, 3.63) is 112 Å². The Morgan fingerprint density at radius 3 is 2.41 bits per heavy atom. The minimum absolute atomic E-state index is 0.156. The largest absolute Gasteiger partial charge is 0.373 e. The summed E-state index contributed by atoms with van der Waals surface area (Å²) in [5.41, 5.74) is 0.841. The van der Waals surface area contributed by atoms with Crippen molar-refractivity contribution < 1.29 is 5.11 Å². The van der Waals surface area contributed by atoms with Crippen LogP contribution in [0.4, 0.5) is 0 Å². The zero-order valence-corrected chi connectivity index (χ0v) is 19.6. The number of hydrazone groups is 1. The summed E-state index contributed by atoms with van der Waals surface area (Å²) in [6.45, 7) is 3.78. The number of benzene rings is 3. The van der Waals surface area contributed by atoms with Crippen molar-refractivity contribution in [2.24, 2.45) is 18.0 Å². The molecule has 1 atom stereocenters. The van der Waals surface area contributed by atoms with Crippen LogP contribution in [0.5, 0.6) is 0 Å². The predicted molar refractivity (Wildman–Crippen MR) is 136 cm³/mol. The third-order valence-electron chi connectivity index (χ3n) is 5.89. The van der Waals surface area contributed by atoms with Gasteiger partial charge in [0.25, 0.3) is 0 Å². The van der Waals surface area contributed by atoms with Gasteiger partial charge in [0.05, 0.1) is 11.2 Å². The molecule has 0 radical (unpaired) electrons. The Labute approximate surface area is 202 Å². The van der Waals surface area contributed by atoms with Gasteiger partial charge in [0.1, 0.15) is 0 Å². The topological polar surface area (TPSA) is 96.7 Å². The summed E-state index contributed by atoms with van der Waals surface area (Å²) in [6.07, 6.45) is 1.51. The number of aromatic nitrogens is 2. The SMILES string of the molecule is C=CN(C)/C(=N\N)C(O)(c1ccc(Cl)cc1)c1ccc2c(c1)c(-c1ccccc1)nc(=O)n2C. The average molecular weight is 474 g/mol. The second kappa shape index (κ2) is 9.13. The van der Waals surface area contributed by atoms with Crippen molar-refractivity contribution in [3.63, 3.8) is 0 Å². The highest BCUT2D eigenvalue weighted by Crippen LogP contribution is 2.36. The van der Waals surface area contributed by atoms with E-state index in [1.54, 1.807) is 61.5 Å². The van der Waals surface area contributed by atoms with Crippen molar-refractivity contribution in [1.82, 2.24) is 14.5 Å². The van der Waals surface area contributed by atoms with Crippen LogP contribution in [-0.2, 0) is 12.6 Å². The average Bonchev–Trinajstić information content (AvgIpc) is 2.86. The third kappa shape index (κ3) is 3.85. The molecule has 0 aliphatic rings. The number of aryl methyl sites for hydroxylation is 1. The first kappa shape index (κ1) is 23.2. The summed E-state index contributed by atoms with van der Waals surface area (Å²) in [5.74, 6) is 5.93. The summed E-state index contributed by atoms with van der Waals surface area (Å²) in [4.78, 5) is 18.5. The summed E-state index contributed by atoms with van der Waals surface area (Å²) in [7, 11) is 3.36. The first-order valence-electron chi connectivity index (χ1n) is 10.5. The molecule has 172 valence electrons. The van der Waals surface area contributed by atoms with Crippen molar-refractivity contribution >= 4 is 28.3 Å². The smallest absolute Gasteiger partial charge is 0.348 e. The molecule has 0 saturated heterocycles. The molecule has 1 unspecified atom stereocenters. The van der Waals surface area contributed by atoms with Gasteiger partial charge in [-0.3, -0.25) is 4.57 Å². The molecular formula is C26H24ClN5O2. The van der Waals surface area contributed by atoms with Crippen molar-refractivity contribution in [3.8, 4) is 11.3 Å². The fraction of sp³-hybridized carbons (Fsp3) is 0.115. The summed E-state index contributed by atoms with van der Waals surface area (Å²) < 4.78 is 1.47. The Balaban J connectivity index is 2.07. The Kier molecular flexibility index (Phi) is 6.24. The van der Waals surface area contributed by atoms with Gasteiger partial charge in [0, 0.05) is 30.1 Å². The van der Waals surface area contributed by atoms with Crippen LogP contribution in [0, 0.1) is 0 Å². The molecule has 3 N–H and O–H groups in total. The van der Waals surface area contributed by atoms with E-state index in [4.69, 9.17) is 17.4 Å². The molecule has 0 spiro atoms. The number of aliphatic hydroxyl groups is 1. The second-order valence-electron chi connectivity index (χ2n) is 7.86. The van der Waals surface area contributed by atoms with E-state index in [9.17, 15) is 9.90 Å². The molecule has 0 aliphatic heterocycles. The van der Waals surface area contributed by atoms with Gasteiger partial charge in [0.2, 0.25) is 0 Å². The third-order valence-corrected chi connectivity index (χ3v) is 6.14. The zero-order chi connectivity index (χ0) is 24.5. The summed E-state index contributed by atoms with van der Waals surface area (Å²) in [5, 5.41) is 17.4. The zero-order valence-electron chi connectivity index (χ0n) is 18.8. The van der Waals surface area contributed by atoms with Gasteiger partial charge in [-0.2, -0.15) is 10.1 Å². The number of amidine groups is 1. The molecule has 4 rings (SSSR count). The van der Waals surface area contributed by atoms with Gasteiger partial charge < -0.3 is 15.8 Å². The lowest BCUT2D eigenvalue weighted by Gasteiger charge is -2.34. The molecule has 0 amide bonds. The number of rotatable bonds is 5. The van der Waals surface area contributed by atoms with E-state index in [0.29, 0.717) is 32.7 Å². The number of fused-ring (bicyclic) bond motifs is 1. The highest BCUT2D eigenvalue weighted by Gasteiger charge is 2.40. The molecule has 0 fully saturated rings. The maximum atomic E-state index is 12.6. The van der Waals surface area contributed by atoms with Crippen LogP contribution < -0.4 is 11.5 Å². The first-order chi connectivity index (χ1) is 16.3. The number of halogens is 1.